The Bertz CT molecular complexity index is 786. The van der Waals surface area contributed by atoms with Gasteiger partial charge in [-0.3, -0.25) is 9.78 Å². The van der Waals surface area contributed by atoms with Crippen LogP contribution in [0.3, 0.4) is 0 Å². The molecule has 2 N–H and O–H groups in total. The minimum absolute atomic E-state index is 0.0334. The molecule has 1 saturated carbocycles. The molecule has 1 aromatic carbocycles. The summed E-state index contributed by atoms with van der Waals surface area (Å²) in [7, 11) is 0. The number of nitrogens with one attached hydrogen (secondary N) is 1. The maximum Gasteiger partial charge on any atom is 0.222 e. The van der Waals surface area contributed by atoms with Crippen molar-refractivity contribution in [2.24, 2.45) is 11.8 Å². The summed E-state index contributed by atoms with van der Waals surface area (Å²) in [6, 6.07) is 10.4. The molecule has 1 aliphatic heterocycles. The molecular formula is C23H30N4O2. The van der Waals surface area contributed by atoms with E-state index in [9.17, 15) is 9.90 Å². The number of carbonyl (C=O) groups excluding carboxylic acids is 1. The van der Waals surface area contributed by atoms with Crippen LogP contribution in [0, 0.1) is 11.8 Å². The van der Waals surface area contributed by atoms with E-state index < -0.39 is 6.10 Å². The smallest absolute Gasteiger partial charge is 0.222 e. The summed E-state index contributed by atoms with van der Waals surface area (Å²) in [5.41, 5.74) is 1.34. The molecule has 154 valence electrons. The van der Waals surface area contributed by atoms with Crippen LogP contribution >= 0.6 is 0 Å². The number of hydrogen-bond acceptors (Lipinski definition) is 5. The molecular weight excluding hydrogens is 364 g/mol. The highest BCUT2D eigenvalue weighted by Crippen LogP contribution is 2.37. The van der Waals surface area contributed by atoms with E-state index in [1.807, 2.05) is 11.0 Å². The van der Waals surface area contributed by atoms with Gasteiger partial charge in [0, 0.05) is 31.9 Å². The molecule has 4 rings (SSSR count). The molecule has 2 aliphatic rings. The fraction of sp³-hybridized carbons (Fsp3) is 0.522. The SMILES string of the molecule is O=C(CCCCc1ccccc1)N1C[C@H]2C[C@@H](Nc3cnccn3)[C@H](O)C[C@H]2C1. The number of amides is 1. The lowest BCUT2D eigenvalue weighted by molar-refractivity contribution is -0.130. The fourth-order valence-corrected chi connectivity index (χ4v) is 4.76. The zero-order valence-electron chi connectivity index (χ0n) is 16.8. The average Bonchev–Trinajstić information content (AvgIpc) is 3.16. The third-order valence-electron chi connectivity index (χ3n) is 6.34. The van der Waals surface area contributed by atoms with Crippen molar-refractivity contribution < 1.29 is 9.90 Å². The molecule has 1 aromatic heterocycles. The molecule has 4 atom stereocenters. The molecule has 2 fully saturated rings. The third kappa shape index (κ3) is 5.12. The molecule has 0 radical (unpaired) electrons. The second-order valence-corrected chi connectivity index (χ2v) is 8.39. The van der Waals surface area contributed by atoms with Crippen LogP contribution in [0.1, 0.15) is 37.7 Å². The molecule has 6 nitrogen and oxygen atoms in total. The van der Waals surface area contributed by atoms with Gasteiger partial charge in [-0.1, -0.05) is 30.3 Å². The maximum atomic E-state index is 12.7. The van der Waals surface area contributed by atoms with Crippen LogP contribution < -0.4 is 5.32 Å². The van der Waals surface area contributed by atoms with Gasteiger partial charge in [0.05, 0.1) is 18.3 Å². The Kier molecular flexibility index (Phi) is 6.39. The highest BCUT2D eigenvalue weighted by atomic mass is 16.3. The lowest BCUT2D eigenvalue weighted by atomic mass is 9.77. The van der Waals surface area contributed by atoms with Crippen molar-refractivity contribution in [1.29, 1.82) is 0 Å². The van der Waals surface area contributed by atoms with Crippen LogP contribution in [0.15, 0.2) is 48.9 Å². The predicted molar refractivity (Wildman–Crippen MR) is 112 cm³/mol. The minimum Gasteiger partial charge on any atom is -0.391 e. The largest absolute Gasteiger partial charge is 0.391 e. The first-order valence-corrected chi connectivity index (χ1v) is 10.7. The Labute approximate surface area is 172 Å². The van der Waals surface area contributed by atoms with Gasteiger partial charge in [0.15, 0.2) is 0 Å². The van der Waals surface area contributed by atoms with Gasteiger partial charge >= 0.3 is 0 Å². The summed E-state index contributed by atoms with van der Waals surface area (Å²) < 4.78 is 0. The van der Waals surface area contributed by atoms with Gasteiger partial charge in [0.2, 0.25) is 5.91 Å². The van der Waals surface area contributed by atoms with E-state index in [1.54, 1.807) is 18.6 Å². The second-order valence-electron chi connectivity index (χ2n) is 8.39. The van der Waals surface area contributed by atoms with Crippen LogP contribution in [0.2, 0.25) is 0 Å². The van der Waals surface area contributed by atoms with Crippen LogP contribution in [0.4, 0.5) is 5.82 Å². The fourth-order valence-electron chi connectivity index (χ4n) is 4.76. The van der Waals surface area contributed by atoms with Gasteiger partial charge in [-0.2, -0.15) is 0 Å². The molecule has 1 amide bonds. The molecule has 2 heterocycles. The number of benzene rings is 1. The number of aromatic nitrogens is 2. The van der Waals surface area contributed by atoms with E-state index in [0.717, 1.165) is 45.2 Å². The summed E-state index contributed by atoms with van der Waals surface area (Å²) in [4.78, 5) is 23.0. The molecule has 6 heteroatoms. The van der Waals surface area contributed by atoms with Gasteiger partial charge in [0.1, 0.15) is 5.82 Å². The molecule has 0 spiro atoms. The number of carbonyl (C=O) groups is 1. The number of unbranched alkanes of at least 4 members (excludes halogenated alkanes) is 1. The lowest BCUT2D eigenvalue weighted by Crippen LogP contribution is -2.43. The molecule has 2 aromatic rings. The topological polar surface area (TPSA) is 78.4 Å². The van der Waals surface area contributed by atoms with Gasteiger partial charge in [-0.05, 0) is 49.5 Å². The standard InChI is InChI=1S/C23H30N4O2/c28-21-13-19-16-27(23(29)9-5-4-8-17-6-2-1-3-7-17)15-18(19)12-20(21)26-22-14-24-10-11-25-22/h1-3,6-7,10-11,14,18-21,28H,4-5,8-9,12-13,15-16H2,(H,25,26)/t18-,19+,20-,21-/m1/s1. The van der Waals surface area contributed by atoms with Crippen molar-refractivity contribution in [1.82, 2.24) is 14.9 Å². The molecule has 0 unspecified atom stereocenters. The highest BCUT2D eigenvalue weighted by Gasteiger charge is 2.42. The highest BCUT2D eigenvalue weighted by molar-refractivity contribution is 5.76. The van der Waals surface area contributed by atoms with Gasteiger partial charge in [-0.25, -0.2) is 4.98 Å². The molecule has 29 heavy (non-hydrogen) atoms. The van der Waals surface area contributed by atoms with Crippen LogP contribution in [0.5, 0.6) is 0 Å². The summed E-state index contributed by atoms with van der Waals surface area (Å²) >= 11 is 0. The van der Waals surface area contributed by atoms with Crippen molar-refractivity contribution in [3.8, 4) is 0 Å². The predicted octanol–water partition coefficient (Wildman–Crippen LogP) is 2.90. The van der Waals surface area contributed by atoms with Crippen molar-refractivity contribution in [2.45, 2.75) is 50.7 Å². The monoisotopic (exact) mass is 394 g/mol. The van der Waals surface area contributed by atoms with Crippen molar-refractivity contribution in [2.75, 3.05) is 18.4 Å². The van der Waals surface area contributed by atoms with Crippen LogP contribution in [0.25, 0.3) is 0 Å². The number of anilines is 1. The number of aliphatic hydroxyl groups excluding tert-OH is 1. The number of aryl methyl sites for hydroxylation is 1. The van der Waals surface area contributed by atoms with Gasteiger partial charge in [0.25, 0.3) is 0 Å². The number of rotatable bonds is 7. The number of fused-ring (bicyclic) bond motifs is 1. The van der Waals surface area contributed by atoms with E-state index in [2.05, 4.69) is 39.6 Å². The normalized spacial score (nSPS) is 26.2. The van der Waals surface area contributed by atoms with E-state index in [1.165, 1.54) is 5.56 Å². The quantitative estimate of drug-likeness (QED) is 0.706. The Balaban J connectivity index is 1.23. The van der Waals surface area contributed by atoms with E-state index >= 15 is 0 Å². The molecule has 1 aliphatic carbocycles. The first-order valence-electron chi connectivity index (χ1n) is 10.7. The van der Waals surface area contributed by atoms with E-state index in [-0.39, 0.29) is 11.9 Å². The second kappa shape index (κ2) is 9.35. The minimum atomic E-state index is -0.417. The first-order chi connectivity index (χ1) is 14.2. The van der Waals surface area contributed by atoms with E-state index in [4.69, 9.17) is 0 Å². The maximum absolute atomic E-state index is 12.7. The molecule has 0 bridgehead atoms. The Morgan fingerprint density at radius 1 is 1.10 bits per heavy atom. The van der Waals surface area contributed by atoms with Crippen molar-refractivity contribution in [3.63, 3.8) is 0 Å². The third-order valence-corrected chi connectivity index (χ3v) is 6.34. The summed E-state index contributed by atoms with van der Waals surface area (Å²) in [5.74, 6) is 1.80. The Morgan fingerprint density at radius 3 is 2.66 bits per heavy atom. The van der Waals surface area contributed by atoms with Crippen molar-refractivity contribution in [3.05, 3.63) is 54.5 Å². The number of nitrogens with zero attached hydrogens (tertiary/aromatic N) is 3. The first kappa shape index (κ1) is 19.8. The Morgan fingerprint density at radius 2 is 1.90 bits per heavy atom. The van der Waals surface area contributed by atoms with Gasteiger partial charge < -0.3 is 15.3 Å². The summed E-state index contributed by atoms with van der Waals surface area (Å²) in [6.07, 6.45) is 9.77. The summed E-state index contributed by atoms with van der Waals surface area (Å²) in [6.45, 7) is 1.60. The van der Waals surface area contributed by atoms with Crippen molar-refractivity contribution >= 4 is 11.7 Å². The van der Waals surface area contributed by atoms with Gasteiger partial charge in [-0.15, -0.1) is 0 Å². The summed E-state index contributed by atoms with van der Waals surface area (Å²) in [5, 5.41) is 13.9. The van der Waals surface area contributed by atoms with Crippen LogP contribution in [-0.2, 0) is 11.2 Å². The zero-order chi connectivity index (χ0) is 20.1. The molecule has 1 saturated heterocycles. The Hall–Kier alpha value is -2.47. The van der Waals surface area contributed by atoms with E-state index in [0.29, 0.717) is 24.1 Å². The number of aliphatic hydroxyl groups is 1. The number of hydrogen-bond donors (Lipinski definition) is 2. The number of likely N-dealkylation sites (tertiary alicyclic amines) is 1. The lowest BCUT2D eigenvalue weighted by Gasteiger charge is -2.35. The van der Waals surface area contributed by atoms with Crippen LogP contribution in [-0.4, -0.2) is 51.1 Å². The zero-order valence-corrected chi connectivity index (χ0v) is 16.8. The average molecular weight is 395 g/mol.